The minimum Gasteiger partial charge on any atom is -0.316 e. The Bertz CT molecular complexity index is 331. The molecule has 1 N–H and O–H groups in total. The summed E-state index contributed by atoms with van der Waals surface area (Å²) in [6, 6.07) is 7.89. The van der Waals surface area contributed by atoms with E-state index in [9.17, 15) is 0 Å². The van der Waals surface area contributed by atoms with E-state index in [2.05, 4.69) is 17.3 Å². The number of benzene rings is 1. The van der Waals surface area contributed by atoms with Gasteiger partial charge in [0, 0.05) is 12.1 Å². The first kappa shape index (κ1) is 9.57. The number of likely N-dealkylation sites (N-methyl/N-ethyl adjacent to an activating group) is 1. The molecular formula is C12H13N. The molecule has 0 fully saturated rings. The zero-order chi connectivity index (χ0) is 9.52. The Balaban J connectivity index is 2.82. The molecule has 0 aliphatic heterocycles. The van der Waals surface area contributed by atoms with Gasteiger partial charge in [-0.2, -0.15) is 0 Å². The molecule has 0 heterocycles. The fourth-order valence-electron chi connectivity index (χ4n) is 1.08. The Morgan fingerprint density at radius 3 is 2.92 bits per heavy atom. The van der Waals surface area contributed by atoms with Crippen molar-refractivity contribution in [2.45, 2.75) is 0 Å². The lowest BCUT2D eigenvalue weighted by molar-refractivity contribution is 0.922. The van der Waals surface area contributed by atoms with E-state index in [0.29, 0.717) is 0 Å². The number of terminal acetylenes is 1. The van der Waals surface area contributed by atoms with Crippen LogP contribution in [0.5, 0.6) is 0 Å². The quantitative estimate of drug-likeness (QED) is 0.685. The fraction of sp³-hybridized carbons (Fsp3) is 0.167. The minimum absolute atomic E-state index is 0.860. The molecule has 0 aliphatic carbocycles. The van der Waals surface area contributed by atoms with Crippen LogP contribution in [0.25, 0.3) is 6.08 Å². The summed E-state index contributed by atoms with van der Waals surface area (Å²) in [5.41, 5.74) is 2.04. The predicted molar refractivity (Wildman–Crippen MR) is 57.3 cm³/mol. The molecule has 1 rings (SSSR count). The molecule has 0 unspecified atom stereocenters. The molecule has 13 heavy (non-hydrogen) atoms. The summed E-state index contributed by atoms with van der Waals surface area (Å²) in [4.78, 5) is 0. The topological polar surface area (TPSA) is 12.0 Å². The van der Waals surface area contributed by atoms with Crippen LogP contribution < -0.4 is 5.32 Å². The number of hydrogen-bond acceptors (Lipinski definition) is 1. The van der Waals surface area contributed by atoms with E-state index in [1.54, 1.807) is 0 Å². The van der Waals surface area contributed by atoms with Gasteiger partial charge in [0.1, 0.15) is 0 Å². The lowest BCUT2D eigenvalue weighted by atomic mass is 10.1. The third-order valence-electron chi connectivity index (χ3n) is 1.74. The van der Waals surface area contributed by atoms with Crippen LogP contribution in [0.1, 0.15) is 11.1 Å². The summed E-state index contributed by atoms with van der Waals surface area (Å²) in [6.07, 6.45) is 9.44. The average Bonchev–Trinajstić information content (AvgIpc) is 2.19. The van der Waals surface area contributed by atoms with Crippen LogP contribution in [-0.4, -0.2) is 13.6 Å². The normalized spacial score (nSPS) is 10.2. The first-order valence-corrected chi connectivity index (χ1v) is 4.25. The summed E-state index contributed by atoms with van der Waals surface area (Å²) in [6.45, 7) is 0.860. The van der Waals surface area contributed by atoms with Gasteiger partial charge in [-0.1, -0.05) is 36.3 Å². The highest BCUT2D eigenvalue weighted by atomic mass is 14.8. The monoisotopic (exact) mass is 171 g/mol. The maximum Gasteiger partial charge on any atom is 0.0314 e. The van der Waals surface area contributed by atoms with Crippen LogP contribution in [0, 0.1) is 12.3 Å². The van der Waals surface area contributed by atoms with Crippen molar-refractivity contribution in [1.82, 2.24) is 5.32 Å². The van der Waals surface area contributed by atoms with E-state index < -0.39 is 0 Å². The van der Waals surface area contributed by atoms with Gasteiger partial charge in [-0.05, 0) is 18.7 Å². The summed E-state index contributed by atoms with van der Waals surface area (Å²) < 4.78 is 0. The highest BCUT2D eigenvalue weighted by molar-refractivity contribution is 5.58. The smallest absolute Gasteiger partial charge is 0.0314 e. The molecule has 0 aromatic heterocycles. The molecule has 1 aromatic carbocycles. The molecule has 0 atom stereocenters. The molecule has 1 heteroatoms. The highest BCUT2D eigenvalue weighted by Crippen LogP contribution is 2.08. The molecule has 0 aliphatic rings. The molecule has 0 bridgehead atoms. The molecule has 0 spiro atoms. The lowest BCUT2D eigenvalue weighted by Crippen LogP contribution is -2.03. The number of nitrogens with one attached hydrogen (secondary N) is 1. The summed E-state index contributed by atoms with van der Waals surface area (Å²) in [5, 5.41) is 3.04. The van der Waals surface area contributed by atoms with Gasteiger partial charge in [-0.3, -0.25) is 0 Å². The number of hydrogen-bond donors (Lipinski definition) is 1. The van der Waals surface area contributed by atoms with Crippen LogP contribution in [0.15, 0.2) is 30.3 Å². The zero-order valence-corrected chi connectivity index (χ0v) is 7.75. The second-order valence-electron chi connectivity index (χ2n) is 2.69. The molecule has 0 amide bonds. The van der Waals surface area contributed by atoms with Crippen molar-refractivity contribution in [3.8, 4) is 12.3 Å². The van der Waals surface area contributed by atoms with E-state index in [-0.39, 0.29) is 0 Å². The van der Waals surface area contributed by atoms with Crippen molar-refractivity contribution < 1.29 is 0 Å². The van der Waals surface area contributed by atoms with Gasteiger partial charge in [0.2, 0.25) is 0 Å². The van der Waals surface area contributed by atoms with Crippen molar-refractivity contribution in [1.29, 1.82) is 0 Å². The van der Waals surface area contributed by atoms with E-state index in [1.165, 1.54) is 0 Å². The minimum atomic E-state index is 0.860. The third kappa shape index (κ3) is 2.77. The predicted octanol–water partition coefficient (Wildman–Crippen LogP) is 1.90. The van der Waals surface area contributed by atoms with Gasteiger partial charge >= 0.3 is 0 Å². The van der Waals surface area contributed by atoms with Gasteiger partial charge in [-0.15, -0.1) is 6.42 Å². The Labute approximate surface area is 79.5 Å². The van der Waals surface area contributed by atoms with E-state index in [1.807, 2.05) is 37.4 Å². The maximum atomic E-state index is 5.36. The fourth-order valence-corrected chi connectivity index (χ4v) is 1.08. The lowest BCUT2D eigenvalue weighted by Gasteiger charge is -1.97. The Morgan fingerprint density at radius 2 is 2.23 bits per heavy atom. The van der Waals surface area contributed by atoms with Crippen LogP contribution in [0.3, 0.4) is 0 Å². The first-order chi connectivity index (χ1) is 6.38. The largest absolute Gasteiger partial charge is 0.316 e. The molecule has 0 radical (unpaired) electrons. The highest BCUT2D eigenvalue weighted by Gasteiger charge is 1.91. The van der Waals surface area contributed by atoms with Gasteiger partial charge in [0.25, 0.3) is 0 Å². The zero-order valence-electron chi connectivity index (χ0n) is 7.75. The van der Waals surface area contributed by atoms with Crippen LogP contribution in [0.4, 0.5) is 0 Å². The summed E-state index contributed by atoms with van der Waals surface area (Å²) >= 11 is 0. The average molecular weight is 171 g/mol. The summed E-state index contributed by atoms with van der Waals surface area (Å²) in [7, 11) is 1.91. The van der Waals surface area contributed by atoms with Crippen molar-refractivity contribution in [2.24, 2.45) is 0 Å². The summed E-state index contributed by atoms with van der Waals surface area (Å²) in [5.74, 6) is 2.65. The van der Waals surface area contributed by atoms with Crippen molar-refractivity contribution in [3.63, 3.8) is 0 Å². The van der Waals surface area contributed by atoms with Crippen molar-refractivity contribution in [2.75, 3.05) is 13.6 Å². The maximum absolute atomic E-state index is 5.36. The van der Waals surface area contributed by atoms with Crippen molar-refractivity contribution in [3.05, 3.63) is 41.5 Å². The molecule has 0 saturated carbocycles. The van der Waals surface area contributed by atoms with Crippen molar-refractivity contribution >= 4 is 6.08 Å². The Kier molecular flexibility index (Phi) is 3.81. The van der Waals surface area contributed by atoms with Crippen LogP contribution in [0.2, 0.25) is 0 Å². The van der Waals surface area contributed by atoms with E-state index in [0.717, 1.165) is 17.7 Å². The first-order valence-electron chi connectivity index (χ1n) is 4.25. The number of rotatable bonds is 3. The SMILES string of the molecule is C#Cc1ccccc1C=CCNC. The van der Waals surface area contributed by atoms with Gasteiger partial charge in [0.15, 0.2) is 0 Å². The molecule has 0 saturated heterocycles. The second-order valence-corrected chi connectivity index (χ2v) is 2.69. The molecule has 1 aromatic rings. The Morgan fingerprint density at radius 1 is 1.46 bits per heavy atom. The van der Waals surface area contributed by atoms with Crippen LogP contribution in [-0.2, 0) is 0 Å². The molecule has 1 nitrogen and oxygen atoms in total. The van der Waals surface area contributed by atoms with E-state index >= 15 is 0 Å². The van der Waals surface area contributed by atoms with Gasteiger partial charge in [-0.25, -0.2) is 0 Å². The second kappa shape index (κ2) is 5.18. The van der Waals surface area contributed by atoms with Gasteiger partial charge < -0.3 is 5.32 Å². The molecule has 66 valence electrons. The van der Waals surface area contributed by atoms with Gasteiger partial charge in [0.05, 0.1) is 0 Å². The van der Waals surface area contributed by atoms with E-state index in [4.69, 9.17) is 6.42 Å². The Hall–Kier alpha value is -1.52. The third-order valence-corrected chi connectivity index (χ3v) is 1.74. The standard InChI is InChI=1S/C12H13N/c1-3-11-7-4-5-8-12(11)9-6-10-13-2/h1,4-9,13H,10H2,2H3. The molecular weight excluding hydrogens is 158 g/mol. The van der Waals surface area contributed by atoms with Crippen LogP contribution >= 0.6 is 0 Å².